The molecule has 1 amide bonds. The molecular formula is C15H23N3O2. The van der Waals surface area contributed by atoms with Gasteiger partial charge < -0.3 is 9.84 Å². The van der Waals surface area contributed by atoms with Crippen LogP contribution < -0.4 is 5.32 Å². The second-order valence-corrected chi connectivity index (χ2v) is 6.04. The normalized spacial score (nSPS) is 26.5. The number of amides is 1. The highest BCUT2D eigenvalue weighted by Crippen LogP contribution is 2.27. The first-order valence-corrected chi connectivity index (χ1v) is 7.60. The average molecular weight is 277 g/mol. The molecule has 0 aliphatic carbocycles. The highest BCUT2D eigenvalue weighted by Gasteiger charge is 2.36. The maximum atomic E-state index is 12.2. The van der Waals surface area contributed by atoms with Gasteiger partial charge in [0, 0.05) is 24.2 Å². The van der Waals surface area contributed by atoms with Crippen LogP contribution in [0.3, 0.4) is 0 Å². The minimum Gasteiger partial charge on any atom is -0.361 e. The first-order valence-electron chi connectivity index (χ1n) is 7.60. The molecule has 2 saturated heterocycles. The van der Waals surface area contributed by atoms with Crippen LogP contribution in [0.4, 0.5) is 0 Å². The summed E-state index contributed by atoms with van der Waals surface area (Å²) in [6.07, 6.45) is 5.27. The molecule has 5 heteroatoms. The number of aromatic nitrogens is 1. The molecule has 110 valence electrons. The van der Waals surface area contributed by atoms with Crippen LogP contribution in [0.15, 0.2) is 4.52 Å². The van der Waals surface area contributed by atoms with Gasteiger partial charge >= 0.3 is 0 Å². The topological polar surface area (TPSA) is 58.4 Å². The summed E-state index contributed by atoms with van der Waals surface area (Å²) in [7, 11) is 0. The minimum absolute atomic E-state index is 0.0943. The standard InChI is InChI=1S/C15H23N3O2/c1-10-12(11(2)20-17-10)9-15(19)16-13-6-8-18-7-4-3-5-14(13)18/h13-14H,3-9H2,1-2H3,(H,16,19)/t13-,14+/m1/s1. The van der Waals surface area contributed by atoms with Crippen molar-refractivity contribution in [3.05, 3.63) is 17.0 Å². The van der Waals surface area contributed by atoms with Crippen molar-refractivity contribution in [3.63, 3.8) is 0 Å². The highest BCUT2D eigenvalue weighted by atomic mass is 16.5. The summed E-state index contributed by atoms with van der Waals surface area (Å²) in [6, 6.07) is 0.876. The molecule has 5 nitrogen and oxygen atoms in total. The second-order valence-electron chi connectivity index (χ2n) is 6.04. The van der Waals surface area contributed by atoms with Crippen molar-refractivity contribution in [1.82, 2.24) is 15.4 Å². The van der Waals surface area contributed by atoms with Gasteiger partial charge in [0.2, 0.25) is 5.91 Å². The Morgan fingerprint density at radius 3 is 2.95 bits per heavy atom. The summed E-state index contributed by atoms with van der Waals surface area (Å²) in [5, 5.41) is 7.12. The molecule has 0 spiro atoms. The van der Waals surface area contributed by atoms with Crippen molar-refractivity contribution in [2.24, 2.45) is 0 Å². The van der Waals surface area contributed by atoms with E-state index in [4.69, 9.17) is 4.52 Å². The molecule has 2 aliphatic rings. The summed E-state index contributed by atoms with van der Waals surface area (Å²) in [6.45, 7) is 6.07. The quantitative estimate of drug-likeness (QED) is 0.911. The Morgan fingerprint density at radius 1 is 1.35 bits per heavy atom. The van der Waals surface area contributed by atoms with Gasteiger partial charge in [0.15, 0.2) is 0 Å². The number of fused-ring (bicyclic) bond motifs is 1. The molecule has 0 radical (unpaired) electrons. The summed E-state index contributed by atoms with van der Waals surface area (Å²) < 4.78 is 5.11. The van der Waals surface area contributed by atoms with Crippen molar-refractivity contribution >= 4 is 5.91 Å². The number of carbonyl (C=O) groups is 1. The van der Waals surface area contributed by atoms with Gasteiger partial charge in [-0.25, -0.2) is 0 Å². The van der Waals surface area contributed by atoms with Crippen LogP contribution in [-0.4, -0.2) is 41.1 Å². The van der Waals surface area contributed by atoms with Crippen molar-refractivity contribution in [1.29, 1.82) is 0 Å². The summed E-state index contributed by atoms with van der Waals surface area (Å²) in [5.74, 6) is 0.847. The van der Waals surface area contributed by atoms with Crippen LogP contribution in [0.5, 0.6) is 0 Å². The third kappa shape index (κ3) is 2.59. The molecule has 3 rings (SSSR count). The number of nitrogens with one attached hydrogen (secondary N) is 1. The van der Waals surface area contributed by atoms with Gasteiger partial charge in [0.25, 0.3) is 0 Å². The van der Waals surface area contributed by atoms with Gasteiger partial charge in [-0.1, -0.05) is 11.6 Å². The lowest BCUT2D eigenvalue weighted by molar-refractivity contribution is -0.121. The Labute approximate surface area is 119 Å². The Balaban J connectivity index is 1.59. The van der Waals surface area contributed by atoms with E-state index in [9.17, 15) is 4.79 Å². The summed E-state index contributed by atoms with van der Waals surface area (Å²) in [4.78, 5) is 14.8. The largest absolute Gasteiger partial charge is 0.361 e. The minimum atomic E-state index is 0.0943. The van der Waals surface area contributed by atoms with E-state index >= 15 is 0 Å². The van der Waals surface area contributed by atoms with Crippen molar-refractivity contribution in [2.45, 2.75) is 58.0 Å². The van der Waals surface area contributed by atoms with E-state index in [0.29, 0.717) is 18.5 Å². The zero-order valence-electron chi connectivity index (χ0n) is 12.3. The van der Waals surface area contributed by atoms with Crippen molar-refractivity contribution in [3.8, 4) is 0 Å². The van der Waals surface area contributed by atoms with E-state index in [-0.39, 0.29) is 5.91 Å². The number of hydrogen-bond donors (Lipinski definition) is 1. The van der Waals surface area contributed by atoms with Crippen LogP contribution in [0.25, 0.3) is 0 Å². The molecule has 1 N–H and O–H groups in total. The first-order chi connectivity index (χ1) is 9.65. The Kier molecular flexibility index (Phi) is 3.78. The van der Waals surface area contributed by atoms with Gasteiger partial charge in [0.05, 0.1) is 12.1 Å². The predicted octanol–water partition coefficient (Wildman–Crippen LogP) is 1.58. The van der Waals surface area contributed by atoms with E-state index in [1.54, 1.807) is 0 Å². The molecule has 0 aromatic carbocycles. The fourth-order valence-corrected chi connectivity index (χ4v) is 3.59. The van der Waals surface area contributed by atoms with Gasteiger partial charge in [-0.15, -0.1) is 0 Å². The number of aryl methyl sites for hydroxylation is 2. The van der Waals surface area contributed by atoms with Crippen LogP contribution >= 0.6 is 0 Å². The fraction of sp³-hybridized carbons (Fsp3) is 0.733. The molecule has 0 saturated carbocycles. The zero-order valence-corrected chi connectivity index (χ0v) is 12.3. The fourth-order valence-electron chi connectivity index (χ4n) is 3.59. The molecule has 0 bridgehead atoms. The first kappa shape index (κ1) is 13.6. The summed E-state index contributed by atoms with van der Waals surface area (Å²) in [5.41, 5.74) is 1.75. The molecule has 0 unspecified atom stereocenters. The maximum Gasteiger partial charge on any atom is 0.224 e. The Morgan fingerprint density at radius 2 is 2.20 bits per heavy atom. The number of rotatable bonds is 3. The lowest BCUT2D eigenvalue weighted by atomic mass is 9.98. The third-order valence-electron chi connectivity index (χ3n) is 4.72. The number of hydrogen-bond acceptors (Lipinski definition) is 4. The maximum absolute atomic E-state index is 12.2. The average Bonchev–Trinajstić information content (AvgIpc) is 2.98. The molecule has 1 aromatic heterocycles. The van der Waals surface area contributed by atoms with Gasteiger partial charge in [-0.3, -0.25) is 9.69 Å². The second kappa shape index (κ2) is 5.56. The monoisotopic (exact) mass is 277 g/mol. The van der Waals surface area contributed by atoms with E-state index in [1.165, 1.54) is 25.8 Å². The number of carbonyl (C=O) groups excluding carboxylic acids is 1. The smallest absolute Gasteiger partial charge is 0.224 e. The van der Waals surface area contributed by atoms with Gasteiger partial charge in [-0.2, -0.15) is 0 Å². The zero-order chi connectivity index (χ0) is 14.1. The van der Waals surface area contributed by atoms with E-state index in [2.05, 4.69) is 15.4 Å². The van der Waals surface area contributed by atoms with Crippen LogP contribution in [-0.2, 0) is 11.2 Å². The van der Waals surface area contributed by atoms with Crippen LogP contribution in [0.1, 0.15) is 42.7 Å². The van der Waals surface area contributed by atoms with Crippen LogP contribution in [0.2, 0.25) is 0 Å². The molecule has 2 aliphatic heterocycles. The molecule has 2 atom stereocenters. The predicted molar refractivity (Wildman–Crippen MR) is 75.4 cm³/mol. The Hall–Kier alpha value is -1.36. The number of piperidine rings is 1. The van der Waals surface area contributed by atoms with Crippen LogP contribution in [0, 0.1) is 13.8 Å². The number of nitrogens with zero attached hydrogens (tertiary/aromatic N) is 2. The molecule has 3 heterocycles. The molecular weight excluding hydrogens is 254 g/mol. The van der Waals surface area contributed by atoms with E-state index < -0.39 is 0 Å². The lowest BCUT2D eigenvalue weighted by Gasteiger charge is -2.32. The SMILES string of the molecule is Cc1noc(C)c1CC(=O)N[C@@H]1CCN2CCCC[C@@H]12. The van der Waals surface area contributed by atoms with Gasteiger partial charge in [0.1, 0.15) is 5.76 Å². The van der Waals surface area contributed by atoms with E-state index in [0.717, 1.165) is 30.0 Å². The van der Waals surface area contributed by atoms with Crippen molar-refractivity contribution < 1.29 is 9.32 Å². The summed E-state index contributed by atoms with van der Waals surface area (Å²) >= 11 is 0. The van der Waals surface area contributed by atoms with E-state index in [1.807, 2.05) is 13.8 Å². The van der Waals surface area contributed by atoms with Crippen molar-refractivity contribution in [2.75, 3.05) is 13.1 Å². The third-order valence-corrected chi connectivity index (χ3v) is 4.72. The Bertz CT molecular complexity index is 478. The molecule has 1 aromatic rings. The lowest BCUT2D eigenvalue weighted by Crippen LogP contribution is -2.47. The molecule has 20 heavy (non-hydrogen) atoms. The highest BCUT2D eigenvalue weighted by molar-refractivity contribution is 5.79. The van der Waals surface area contributed by atoms with Gasteiger partial charge in [-0.05, 0) is 39.7 Å². The molecule has 2 fully saturated rings.